The molecule has 2 N–H and O–H groups in total. The number of carbonyl (C=O) groups excluding carboxylic acids is 1. The second-order valence-corrected chi connectivity index (χ2v) is 6.40. The SMILES string of the molecule is Cc1nc(Nc2ccc(C#N)cc2)cc(C(=O)Nc2ccc(Cl)c(Cl)c2)n1. The smallest absolute Gasteiger partial charge is 0.274 e. The summed E-state index contributed by atoms with van der Waals surface area (Å²) in [4.78, 5) is 21.0. The highest BCUT2D eigenvalue weighted by atomic mass is 35.5. The zero-order valence-corrected chi connectivity index (χ0v) is 15.6. The van der Waals surface area contributed by atoms with E-state index in [2.05, 4.69) is 26.7 Å². The molecule has 0 saturated heterocycles. The van der Waals surface area contributed by atoms with Crippen LogP contribution >= 0.6 is 23.2 Å². The second-order valence-electron chi connectivity index (χ2n) is 5.58. The molecule has 0 spiro atoms. The maximum absolute atomic E-state index is 12.5. The van der Waals surface area contributed by atoms with Crippen molar-refractivity contribution in [2.75, 3.05) is 10.6 Å². The number of rotatable bonds is 4. The molecule has 2 aromatic carbocycles. The summed E-state index contributed by atoms with van der Waals surface area (Å²) < 4.78 is 0. The van der Waals surface area contributed by atoms with Crippen LogP contribution in [0.3, 0.4) is 0 Å². The number of nitrogens with one attached hydrogen (secondary N) is 2. The van der Waals surface area contributed by atoms with Gasteiger partial charge in [-0.05, 0) is 49.4 Å². The number of hydrogen-bond acceptors (Lipinski definition) is 5. The van der Waals surface area contributed by atoms with Crippen molar-refractivity contribution in [3.8, 4) is 6.07 Å². The van der Waals surface area contributed by atoms with Crippen molar-refractivity contribution in [2.24, 2.45) is 0 Å². The van der Waals surface area contributed by atoms with Gasteiger partial charge in [0, 0.05) is 17.4 Å². The van der Waals surface area contributed by atoms with Crippen molar-refractivity contribution in [2.45, 2.75) is 6.92 Å². The van der Waals surface area contributed by atoms with E-state index in [1.807, 2.05) is 0 Å². The van der Waals surface area contributed by atoms with Crippen LogP contribution in [0.25, 0.3) is 0 Å². The highest BCUT2D eigenvalue weighted by Gasteiger charge is 2.12. The molecule has 1 aromatic heterocycles. The average molecular weight is 398 g/mol. The van der Waals surface area contributed by atoms with Crippen molar-refractivity contribution in [3.05, 3.63) is 75.7 Å². The molecule has 0 aliphatic rings. The van der Waals surface area contributed by atoms with E-state index in [-0.39, 0.29) is 5.69 Å². The minimum absolute atomic E-state index is 0.199. The first kappa shape index (κ1) is 18.6. The Hall–Kier alpha value is -3.14. The first-order valence-corrected chi connectivity index (χ1v) is 8.59. The maximum atomic E-state index is 12.5. The molecular formula is C19H13Cl2N5O. The predicted molar refractivity (Wildman–Crippen MR) is 106 cm³/mol. The molecule has 0 saturated carbocycles. The highest BCUT2D eigenvalue weighted by molar-refractivity contribution is 6.42. The Labute approximate surface area is 165 Å². The van der Waals surface area contributed by atoms with Gasteiger partial charge >= 0.3 is 0 Å². The van der Waals surface area contributed by atoms with E-state index >= 15 is 0 Å². The number of nitriles is 1. The molecule has 8 heteroatoms. The molecule has 134 valence electrons. The molecule has 0 unspecified atom stereocenters. The summed E-state index contributed by atoms with van der Waals surface area (Å²) in [5.74, 6) is 0.501. The van der Waals surface area contributed by atoms with Crippen LogP contribution in [0.1, 0.15) is 21.9 Å². The molecule has 0 fully saturated rings. The Morgan fingerprint density at radius 2 is 1.70 bits per heavy atom. The summed E-state index contributed by atoms with van der Waals surface area (Å²) in [5.41, 5.74) is 2.00. The Bertz CT molecular complexity index is 1040. The molecule has 0 bridgehead atoms. The fourth-order valence-electron chi connectivity index (χ4n) is 2.29. The van der Waals surface area contributed by atoms with Crippen LogP contribution in [0.4, 0.5) is 17.2 Å². The molecule has 3 rings (SSSR count). The number of hydrogen-bond donors (Lipinski definition) is 2. The van der Waals surface area contributed by atoms with E-state index in [9.17, 15) is 4.79 Å². The van der Waals surface area contributed by atoms with Crippen molar-refractivity contribution in [1.29, 1.82) is 5.26 Å². The van der Waals surface area contributed by atoms with Gasteiger partial charge in [-0.3, -0.25) is 4.79 Å². The number of aryl methyl sites for hydroxylation is 1. The second kappa shape index (κ2) is 8.04. The molecule has 1 amide bonds. The lowest BCUT2D eigenvalue weighted by molar-refractivity contribution is 0.102. The van der Waals surface area contributed by atoms with Gasteiger partial charge in [0.15, 0.2) is 0 Å². The van der Waals surface area contributed by atoms with Crippen LogP contribution in [0.5, 0.6) is 0 Å². The van der Waals surface area contributed by atoms with Gasteiger partial charge in [-0.25, -0.2) is 9.97 Å². The van der Waals surface area contributed by atoms with Crippen molar-refractivity contribution >= 4 is 46.3 Å². The molecule has 27 heavy (non-hydrogen) atoms. The number of nitrogens with zero attached hydrogens (tertiary/aromatic N) is 3. The fourth-order valence-corrected chi connectivity index (χ4v) is 2.59. The number of amides is 1. The van der Waals surface area contributed by atoms with E-state index in [0.29, 0.717) is 32.9 Å². The van der Waals surface area contributed by atoms with Crippen LogP contribution < -0.4 is 10.6 Å². The van der Waals surface area contributed by atoms with Gasteiger partial charge in [0.1, 0.15) is 17.3 Å². The lowest BCUT2D eigenvalue weighted by Crippen LogP contribution is -2.15. The third kappa shape index (κ3) is 4.73. The number of carbonyl (C=O) groups is 1. The summed E-state index contributed by atoms with van der Waals surface area (Å²) in [7, 11) is 0. The number of aromatic nitrogens is 2. The Morgan fingerprint density at radius 3 is 2.37 bits per heavy atom. The first-order chi connectivity index (χ1) is 12.9. The lowest BCUT2D eigenvalue weighted by Gasteiger charge is -2.10. The highest BCUT2D eigenvalue weighted by Crippen LogP contribution is 2.25. The standard InChI is InChI=1S/C19H13Cl2N5O/c1-11-23-17(19(27)26-14-6-7-15(20)16(21)8-14)9-18(24-11)25-13-4-2-12(10-22)3-5-13/h2-9H,1H3,(H,26,27)(H,23,24,25). The van der Waals surface area contributed by atoms with Crippen LogP contribution in [0.2, 0.25) is 10.0 Å². The normalized spacial score (nSPS) is 10.1. The molecule has 0 aliphatic heterocycles. The van der Waals surface area contributed by atoms with Crippen molar-refractivity contribution < 1.29 is 4.79 Å². The monoisotopic (exact) mass is 397 g/mol. The van der Waals surface area contributed by atoms with Gasteiger partial charge in [0.25, 0.3) is 5.91 Å². The molecular weight excluding hydrogens is 385 g/mol. The average Bonchev–Trinajstić information content (AvgIpc) is 2.65. The van der Waals surface area contributed by atoms with Gasteiger partial charge in [-0.2, -0.15) is 5.26 Å². The molecule has 0 radical (unpaired) electrons. The fraction of sp³-hybridized carbons (Fsp3) is 0.0526. The largest absolute Gasteiger partial charge is 0.340 e. The van der Waals surface area contributed by atoms with E-state index in [1.54, 1.807) is 49.4 Å². The Balaban J connectivity index is 1.80. The third-order valence-electron chi connectivity index (χ3n) is 3.53. The molecule has 0 aliphatic carbocycles. The Kier molecular flexibility index (Phi) is 5.55. The topological polar surface area (TPSA) is 90.7 Å². The molecule has 3 aromatic rings. The molecule has 1 heterocycles. The van der Waals surface area contributed by atoms with E-state index in [4.69, 9.17) is 28.5 Å². The first-order valence-electron chi connectivity index (χ1n) is 7.84. The van der Waals surface area contributed by atoms with Gasteiger partial charge < -0.3 is 10.6 Å². The lowest BCUT2D eigenvalue weighted by atomic mass is 10.2. The zero-order chi connectivity index (χ0) is 19.4. The Morgan fingerprint density at radius 1 is 1.00 bits per heavy atom. The summed E-state index contributed by atoms with van der Waals surface area (Å²) in [6.07, 6.45) is 0. The summed E-state index contributed by atoms with van der Waals surface area (Å²) in [6, 6.07) is 15.3. The van der Waals surface area contributed by atoms with Crippen molar-refractivity contribution in [3.63, 3.8) is 0 Å². The summed E-state index contributed by atoms with van der Waals surface area (Å²) in [6.45, 7) is 1.69. The zero-order valence-electron chi connectivity index (χ0n) is 14.1. The number of anilines is 3. The maximum Gasteiger partial charge on any atom is 0.274 e. The van der Waals surface area contributed by atoms with Gasteiger partial charge in [-0.1, -0.05) is 23.2 Å². The predicted octanol–water partition coefficient (Wildman–Crippen LogP) is 4.96. The van der Waals surface area contributed by atoms with Gasteiger partial charge in [0.05, 0.1) is 21.7 Å². The minimum Gasteiger partial charge on any atom is -0.340 e. The van der Waals surface area contributed by atoms with E-state index < -0.39 is 5.91 Å². The summed E-state index contributed by atoms with van der Waals surface area (Å²) in [5, 5.41) is 15.4. The van der Waals surface area contributed by atoms with Crippen LogP contribution in [-0.4, -0.2) is 15.9 Å². The van der Waals surface area contributed by atoms with E-state index in [1.165, 1.54) is 6.07 Å². The van der Waals surface area contributed by atoms with E-state index in [0.717, 1.165) is 5.69 Å². The number of halogens is 2. The quantitative estimate of drug-likeness (QED) is 0.648. The molecule has 0 atom stereocenters. The number of benzene rings is 2. The van der Waals surface area contributed by atoms with Crippen LogP contribution in [0.15, 0.2) is 48.5 Å². The van der Waals surface area contributed by atoms with Gasteiger partial charge in [0.2, 0.25) is 0 Å². The summed E-state index contributed by atoms with van der Waals surface area (Å²) >= 11 is 11.8. The van der Waals surface area contributed by atoms with Gasteiger partial charge in [-0.15, -0.1) is 0 Å². The van der Waals surface area contributed by atoms with Crippen LogP contribution in [-0.2, 0) is 0 Å². The van der Waals surface area contributed by atoms with Crippen molar-refractivity contribution in [1.82, 2.24) is 9.97 Å². The third-order valence-corrected chi connectivity index (χ3v) is 4.27. The minimum atomic E-state index is -0.401. The van der Waals surface area contributed by atoms with Crippen LogP contribution in [0, 0.1) is 18.3 Å². The molecule has 6 nitrogen and oxygen atoms in total.